The van der Waals surface area contributed by atoms with Crippen molar-refractivity contribution in [3.8, 4) is 5.69 Å². The van der Waals surface area contributed by atoms with E-state index in [2.05, 4.69) is 18.1 Å². The van der Waals surface area contributed by atoms with Gasteiger partial charge >= 0.3 is 0 Å². The summed E-state index contributed by atoms with van der Waals surface area (Å²) in [6.07, 6.45) is 0.904. The largest absolute Gasteiger partial charge is 0.308 e. The van der Waals surface area contributed by atoms with Crippen molar-refractivity contribution in [1.29, 1.82) is 0 Å². The number of carbonyl (C=O) groups excluding carboxylic acids is 1. The van der Waals surface area contributed by atoms with Crippen LogP contribution in [0.4, 0.5) is 5.69 Å². The third kappa shape index (κ3) is 3.59. The van der Waals surface area contributed by atoms with Gasteiger partial charge < -0.3 is 4.90 Å². The number of anilines is 1. The minimum absolute atomic E-state index is 0.116. The molecule has 0 unspecified atom stereocenters. The Bertz CT molecular complexity index is 1030. The van der Waals surface area contributed by atoms with Gasteiger partial charge in [0.2, 0.25) is 5.91 Å². The molecule has 1 aromatic heterocycles. The van der Waals surface area contributed by atoms with E-state index in [1.54, 1.807) is 4.68 Å². The smallest absolute Gasteiger partial charge is 0.240 e. The summed E-state index contributed by atoms with van der Waals surface area (Å²) in [6.45, 7) is 4.04. The molecule has 0 saturated carbocycles. The molecule has 0 spiro atoms. The lowest BCUT2D eigenvalue weighted by molar-refractivity contribution is -0.118. The number of hydrogen-bond donors (Lipinski definition) is 0. The van der Waals surface area contributed by atoms with Crippen LogP contribution >= 0.6 is 35.3 Å². The lowest BCUT2D eigenvalue weighted by atomic mass is 10.1. The van der Waals surface area contributed by atoms with E-state index in [4.69, 9.17) is 12.2 Å². The second-order valence-electron chi connectivity index (χ2n) is 6.53. The first kappa shape index (κ1) is 18.4. The molecule has 1 aliphatic rings. The number of thioether (sulfide) groups is 1. The van der Waals surface area contributed by atoms with Crippen LogP contribution < -0.4 is 4.90 Å². The number of hydrogen-bond acceptors (Lipinski definition) is 5. The minimum Gasteiger partial charge on any atom is -0.308 e. The highest BCUT2D eigenvalue weighted by atomic mass is 32.2. The zero-order chi connectivity index (χ0) is 19.0. The average molecular weight is 414 g/mol. The number of carbonyl (C=O) groups is 1. The fraction of sp³-hybridized carbons (Fsp3) is 0.250. The molecule has 0 radical (unpaired) electrons. The molecule has 0 N–H and O–H groups in total. The van der Waals surface area contributed by atoms with Gasteiger partial charge in [0.25, 0.3) is 0 Å². The van der Waals surface area contributed by atoms with Gasteiger partial charge in [-0.05, 0) is 56.2 Å². The monoisotopic (exact) mass is 413 g/mol. The Hall–Kier alpha value is -1.96. The highest BCUT2D eigenvalue weighted by Gasteiger charge is 2.33. The quantitative estimate of drug-likeness (QED) is 0.439. The third-order valence-electron chi connectivity index (χ3n) is 4.60. The van der Waals surface area contributed by atoms with E-state index in [1.165, 1.54) is 28.7 Å². The zero-order valence-electron chi connectivity index (χ0n) is 15.0. The highest BCUT2D eigenvalue weighted by Crippen LogP contribution is 2.35. The van der Waals surface area contributed by atoms with E-state index in [-0.39, 0.29) is 17.2 Å². The van der Waals surface area contributed by atoms with Crippen LogP contribution in [0, 0.1) is 3.95 Å². The minimum atomic E-state index is -0.233. The predicted octanol–water partition coefficient (Wildman–Crippen LogP) is 5.12. The molecule has 4 nitrogen and oxygen atoms in total. The summed E-state index contributed by atoms with van der Waals surface area (Å²) in [5.41, 5.74) is 3.20. The first-order valence-electron chi connectivity index (χ1n) is 8.78. The van der Waals surface area contributed by atoms with Crippen molar-refractivity contribution in [1.82, 2.24) is 9.78 Å². The summed E-state index contributed by atoms with van der Waals surface area (Å²) in [7, 11) is 0. The molecule has 138 valence electrons. The van der Waals surface area contributed by atoms with Gasteiger partial charge in [0.15, 0.2) is 8.29 Å². The van der Waals surface area contributed by atoms with E-state index in [1.807, 2.05) is 60.4 Å². The molecule has 0 bridgehead atoms. The Kier molecular flexibility index (Phi) is 5.16. The molecule has 0 aliphatic carbocycles. The molecule has 1 amide bonds. The normalized spacial score (nSPS) is 17.0. The number of amides is 1. The molecule has 3 aromatic rings. The van der Waals surface area contributed by atoms with Crippen molar-refractivity contribution >= 4 is 46.9 Å². The van der Waals surface area contributed by atoms with Gasteiger partial charge in [0.05, 0.1) is 10.9 Å². The van der Waals surface area contributed by atoms with Crippen LogP contribution in [-0.4, -0.2) is 27.0 Å². The van der Waals surface area contributed by atoms with Crippen LogP contribution in [0.1, 0.15) is 19.4 Å². The lowest BCUT2D eigenvalue weighted by Gasteiger charge is -2.25. The van der Waals surface area contributed by atoms with Crippen molar-refractivity contribution in [2.24, 2.45) is 0 Å². The van der Waals surface area contributed by atoms with Crippen LogP contribution in [-0.2, 0) is 11.2 Å². The van der Waals surface area contributed by atoms with Gasteiger partial charge in [-0.2, -0.15) is 0 Å². The summed E-state index contributed by atoms with van der Waals surface area (Å²) < 4.78 is 3.25. The molecule has 7 heteroatoms. The predicted molar refractivity (Wildman–Crippen MR) is 115 cm³/mol. The number of benzene rings is 2. The molecule has 2 aromatic carbocycles. The molecular weight excluding hydrogens is 394 g/mol. The molecule has 0 saturated heterocycles. The number of fused-ring (bicyclic) bond motifs is 1. The molecule has 2 atom stereocenters. The van der Waals surface area contributed by atoms with Gasteiger partial charge in [-0.3, -0.25) is 4.79 Å². The van der Waals surface area contributed by atoms with Crippen LogP contribution in [0.3, 0.4) is 0 Å². The number of nitrogens with zero attached hydrogens (tertiary/aromatic N) is 3. The van der Waals surface area contributed by atoms with Crippen LogP contribution in [0.25, 0.3) is 5.69 Å². The third-order valence-corrected chi connectivity index (χ3v) is 7.00. The number of para-hydroxylation sites is 2. The SMILES string of the molecule is C[C@H](Sc1nn(-c2ccccc2)c(=S)s1)C(=O)N1c2ccccc2C[C@@H]1C. The average Bonchev–Trinajstić information content (AvgIpc) is 3.20. The Morgan fingerprint density at radius 2 is 1.93 bits per heavy atom. The summed E-state index contributed by atoms with van der Waals surface area (Å²) in [5.74, 6) is 0.116. The lowest BCUT2D eigenvalue weighted by Crippen LogP contribution is -2.40. The highest BCUT2D eigenvalue weighted by molar-refractivity contribution is 8.02. The van der Waals surface area contributed by atoms with E-state index >= 15 is 0 Å². The van der Waals surface area contributed by atoms with Crippen LogP contribution in [0.5, 0.6) is 0 Å². The second-order valence-corrected chi connectivity index (χ2v) is 9.74. The maximum Gasteiger partial charge on any atom is 0.240 e. The molecular formula is C20H19N3OS3. The summed E-state index contributed by atoms with van der Waals surface area (Å²) in [6, 6.07) is 18.2. The van der Waals surface area contributed by atoms with Crippen molar-refractivity contribution in [3.05, 3.63) is 64.1 Å². The fourth-order valence-corrected chi connectivity index (χ4v) is 5.89. The van der Waals surface area contributed by atoms with E-state index in [9.17, 15) is 4.79 Å². The topological polar surface area (TPSA) is 38.1 Å². The first-order chi connectivity index (χ1) is 13.0. The van der Waals surface area contributed by atoms with Crippen molar-refractivity contribution in [3.63, 3.8) is 0 Å². The summed E-state index contributed by atoms with van der Waals surface area (Å²) >= 11 is 8.38. The number of aromatic nitrogens is 2. The summed E-state index contributed by atoms with van der Waals surface area (Å²) in [5, 5.41) is 4.38. The Balaban J connectivity index is 1.54. The van der Waals surface area contributed by atoms with Crippen LogP contribution in [0.2, 0.25) is 0 Å². The molecule has 1 aliphatic heterocycles. The van der Waals surface area contributed by atoms with E-state index in [0.717, 1.165) is 22.1 Å². The second kappa shape index (κ2) is 7.58. The maximum atomic E-state index is 13.1. The van der Waals surface area contributed by atoms with Crippen molar-refractivity contribution in [2.75, 3.05) is 4.90 Å². The Labute approximate surface area is 171 Å². The standard InChI is InChI=1S/C20H19N3OS3/c1-13-12-15-8-6-7-11-17(15)22(13)18(24)14(2)26-19-21-23(20(25)27-19)16-9-4-3-5-10-16/h3-11,13-14H,12H2,1-2H3/t13-,14-/m0/s1. The molecule has 0 fully saturated rings. The van der Waals surface area contributed by atoms with Gasteiger partial charge in [0, 0.05) is 11.7 Å². The van der Waals surface area contributed by atoms with Gasteiger partial charge in [-0.25, -0.2) is 4.68 Å². The van der Waals surface area contributed by atoms with Gasteiger partial charge in [0.1, 0.15) is 0 Å². The van der Waals surface area contributed by atoms with E-state index in [0.29, 0.717) is 3.95 Å². The maximum absolute atomic E-state index is 13.1. The Morgan fingerprint density at radius 3 is 2.70 bits per heavy atom. The van der Waals surface area contributed by atoms with E-state index < -0.39 is 0 Å². The first-order valence-corrected chi connectivity index (χ1v) is 10.9. The summed E-state index contributed by atoms with van der Waals surface area (Å²) in [4.78, 5) is 15.1. The fourth-order valence-electron chi connectivity index (χ4n) is 3.34. The number of rotatable bonds is 4. The van der Waals surface area contributed by atoms with Crippen molar-refractivity contribution in [2.45, 2.75) is 35.9 Å². The Morgan fingerprint density at radius 1 is 1.22 bits per heavy atom. The molecule has 4 rings (SSSR count). The van der Waals surface area contributed by atoms with Crippen LogP contribution in [0.15, 0.2) is 58.9 Å². The zero-order valence-corrected chi connectivity index (χ0v) is 17.5. The van der Waals surface area contributed by atoms with Crippen molar-refractivity contribution < 1.29 is 4.79 Å². The molecule has 2 heterocycles. The van der Waals surface area contributed by atoms with Gasteiger partial charge in [-0.1, -0.05) is 59.5 Å². The molecule has 27 heavy (non-hydrogen) atoms. The van der Waals surface area contributed by atoms with Gasteiger partial charge in [-0.15, -0.1) is 5.10 Å².